The van der Waals surface area contributed by atoms with Gasteiger partial charge in [0.25, 0.3) is 5.91 Å². The second-order valence-electron chi connectivity index (χ2n) is 5.64. The standard InChI is InChI=1S/C18H21FN2O5S/c1-25-16-8-7-15(12-17(16)26-2)21(27(3,23)24)10-9-20-18(22)13-5-4-6-14(19)11-13/h4-8,11-12H,9-10H2,1-3H3,(H,20,22). The van der Waals surface area contributed by atoms with E-state index in [0.717, 1.165) is 16.6 Å². The first-order valence-corrected chi connectivity index (χ1v) is 9.84. The van der Waals surface area contributed by atoms with E-state index in [9.17, 15) is 17.6 Å². The highest BCUT2D eigenvalue weighted by Gasteiger charge is 2.19. The van der Waals surface area contributed by atoms with Gasteiger partial charge in [0, 0.05) is 18.2 Å². The number of nitrogens with one attached hydrogen (secondary N) is 1. The molecule has 27 heavy (non-hydrogen) atoms. The van der Waals surface area contributed by atoms with Crippen LogP contribution in [0.2, 0.25) is 0 Å². The number of halogens is 1. The molecule has 0 heterocycles. The van der Waals surface area contributed by atoms with E-state index in [-0.39, 0.29) is 18.7 Å². The van der Waals surface area contributed by atoms with Crippen LogP contribution in [0.25, 0.3) is 0 Å². The minimum Gasteiger partial charge on any atom is -0.493 e. The molecule has 0 aliphatic rings. The van der Waals surface area contributed by atoms with Crippen LogP contribution in [0, 0.1) is 5.82 Å². The first kappa shape index (κ1) is 20.5. The van der Waals surface area contributed by atoms with Crippen LogP contribution in [0.4, 0.5) is 10.1 Å². The van der Waals surface area contributed by atoms with Gasteiger partial charge in [0.1, 0.15) is 5.82 Å². The molecule has 1 N–H and O–H groups in total. The van der Waals surface area contributed by atoms with Crippen molar-refractivity contribution in [3.63, 3.8) is 0 Å². The summed E-state index contributed by atoms with van der Waals surface area (Å²) in [7, 11) is -0.676. The Kier molecular flexibility index (Phi) is 6.62. The van der Waals surface area contributed by atoms with Gasteiger partial charge in [-0.2, -0.15) is 0 Å². The SMILES string of the molecule is COc1ccc(N(CCNC(=O)c2cccc(F)c2)S(C)(=O)=O)cc1OC. The van der Waals surface area contributed by atoms with Crippen molar-refractivity contribution < 1.29 is 27.1 Å². The molecule has 0 aromatic heterocycles. The Labute approximate surface area is 157 Å². The Balaban J connectivity index is 2.13. The minimum absolute atomic E-state index is 0.00459. The highest BCUT2D eigenvalue weighted by atomic mass is 32.2. The lowest BCUT2D eigenvalue weighted by Gasteiger charge is -2.23. The molecular weight excluding hydrogens is 375 g/mol. The van der Waals surface area contributed by atoms with Gasteiger partial charge in [0.05, 0.1) is 32.7 Å². The molecule has 0 saturated heterocycles. The summed E-state index contributed by atoms with van der Waals surface area (Å²) >= 11 is 0. The van der Waals surface area contributed by atoms with E-state index in [1.165, 1.54) is 38.5 Å². The van der Waals surface area contributed by atoms with Crippen LogP contribution in [0.5, 0.6) is 11.5 Å². The maximum absolute atomic E-state index is 13.2. The number of methoxy groups -OCH3 is 2. The molecule has 9 heteroatoms. The lowest BCUT2D eigenvalue weighted by atomic mass is 10.2. The summed E-state index contributed by atoms with van der Waals surface area (Å²) in [6.07, 6.45) is 1.07. The van der Waals surface area contributed by atoms with E-state index in [1.54, 1.807) is 12.1 Å². The van der Waals surface area contributed by atoms with Gasteiger partial charge in [0.15, 0.2) is 11.5 Å². The molecule has 0 fully saturated rings. The zero-order chi connectivity index (χ0) is 20.0. The van der Waals surface area contributed by atoms with Crippen molar-refractivity contribution in [3.05, 3.63) is 53.8 Å². The van der Waals surface area contributed by atoms with E-state index < -0.39 is 21.7 Å². The van der Waals surface area contributed by atoms with Crippen LogP contribution < -0.4 is 19.1 Å². The molecule has 2 aromatic carbocycles. The van der Waals surface area contributed by atoms with Gasteiger partial charge in [-0.05, 0) is 30.3 Å². The number of ether oxygens (including phenoxy) is 2. The summed E-state index contributed by atoms with van der Waals surface area (Å²) in [5, 5.41) is 2.58. The fraction of sp³-hybridized carbons (Fsp3) is 0.278. The predicted molar refractivity (Wildman–Crippen MR) is 100 cm³/mol. The van der Waals surface area contributed by atoms with E-state index in [0.29, 0.717) is 17.2 Å². The van der Waals surface area contributed by atoms with Crippen LogP contribution in [-0.2, 0) is 10.0 Å². The van der Waals surface area contributed by atoms with Crippen LogP contribution >= 0.6 is 0 Å². The van der Waals surface area contributed by atoms with Crippen LogP contribution in [0.15, 0.2) is 42.5 Å². The van der Waals surface area contributed by atoms with Crippen LogP contribution in [0.3, 0.4) is 0 Å². The third-order valence-electron chi connectivity index (χ3n) is 3.74. The number of sulfonamides is 1. The molecule has 0 radical (unpaired) electrons. The largest absolute Gasteiger partial charge is 0.493 e. The zero-order valence-corrected chi connectivity index (χ0v) is 16.0. The Bertz CT molecular complexity index is 918. The molecule has 0 spiro atoms. The van der Waals surface area contributed by atoms with Gasteiger partial charge in [-0.25, -0.2) is 12.8 Å². The number of amides is 1. The molecule has 2 rings (SSSR count). The number of benzene rings is 2. The van der Waals surface area contributed by atoms with Crippen molar-refractivity contribution in [2.24, 2.45) is 0 Å². The Morgan fingerprint density at radius 1 is 1.11 bits per heavy atom. The van der Waals surface area contributed by atoms with E-state index >= 15 is 0 Å². The zero-order valence-electron chi connectivity index (χ0n) is 15.2. The number of carbonyl (C=O) groups excluding carboxylic acids is 1. The van der Waals surface area contributed by atoms with Gasteiger partial charge in [-0.3, -0.25) is 9.10 Å². The Morgan fingerprint density at radius 3 is 2.41 bits per heavy atom. The van der Waals surface area contributed by atoms with Gasteiger partial charge >= 0.3 is 0 Å². The second-order valence-corrected chi connectivity index (χ2v) is 7.55. The highest BCUT2D eigenvalue weighted by molar-refractivity contribution is 7.92. The number of anilines is 1. The maximum Gasteiger partial charge on any atom is 0.251 e. The lowest BCUT2D eigenvalue weighted by Crippen LogP contribution is -2.38. The Hall–Kier alpha value is -2.81. The van der Waals surface area contributed by atoms with E-state index in [1.807, 2.05) is 0 Å². The van der Waals surface area contributed by atoms with Crippen molar-refractivity contribution in [1.29, 1.82) is 0 Å². The summed E-state index contributed by atoms with van der Waals surface area (Å²) in [5.74, 6) is -0.164. The minimum atomic E-state index is -3.61. The van der Waals surface area contributed by atoms with Gasteiger partial charge in [-0.1, -0.05) is 6.07 Å². The molecule has 2 aromatic rings. The summed E-state index contributed by atoms with van der Waals surface area (Å²) < 4.78 is 49.0. The maximum atomic E-state index is 13.2. The predicted octanol–water partition coefficient (Wildman–Crippen LogP) is 2.04. The summed E-state index contributed by atoms with van der Waals surface area (Å²) in [6.45, 7) is 0.0339. The normalized spacial score (nSPS) is 11.0. The molecule has 1 amide bonds. The average molecular weight is 396 g/mol. The van der Waals surface area contributed by atoms with E-state index in [4.69, 9.17) is 9.47 Å². The van der Waals surface area contributed by atoms with Crippen molar-refractivity contribution in [2.75, 3.05) is 37.9 Å². The molecule has 0 saturated carbocycles. The summed E-state index contributed by atoms with van der Waals surface area (Å²) in [4.78, 5) is 12.1. The van der Waals surface area contributed by atoms with Gasteiger partial charge in [-0.15, -0.1) is 0 Å². The fourth-order valence-electron chi connectivity index (χ4n) is 2.47. The van der Waals surface area contributed by atoms with Crippen molar-refractivity contribution >= 4 is 21.6 Å². The van der Waals surface area contributed by atoms with Crippen molar-refractivity contribution in [3.8, 4) is 11.5 Å². The van der Waals surface area contributed by atoms with Crippen LogP contribution in [-0.4, -0.2) is 47.9 Å². The molecule has 0 aliphatic carbocycles. The average Bonchev–Trinajstić information content (AvgIpc) is 2.63. The first-order valence-electron chi connectivity index (χ1n) is 7.99. The molecule has 7 nitrogen and oxygen atoms in total. The number of hydrogen-bond acceptors (Lipinski definition) is 5. The van der Waals surface area contributed by atoms with Gasteiger partial charge in [0.2, 0.25) is 10.0 Å². The molecule has 0 atom stereocenters. The van der Waals surface area contributed by atoms with Crippen molar-refractivity contribution in [2.45, 2.75) is 0 Å². The summed E-state index contributed by atoms with van der Waals surface area (Å²) in [5.41, 5.74) is 0.530. The molecule has 0 bridgehead atoms. The number of rotatable bonds is 8. The van der Waals surface area contributed by atoms with Gasteiger partial charge < -0.3 is 14.8 Å². The molecular formula is C18H21FN2O5S. The number of nitrogens with zero attached hydrogens (tertiary/aromatic N) is 1. The van der Waals surface area contributed by atoms with Crippen molar-refractivity contribution in [1.82, 2.24) is 5.32 Å². The smallest absolute Gasteiger partial charge is 0.251 e. The topological polar surface area (TPSA) is 84.9 Å². The third-order valence-corrected chi connectivity index (χ3v) is 4.94. The van der Waals surface area contributed by atoms with Crippen LogP contribution in [0.1, 0.15) is 10.4 Å². The number of hydrogen-bond donors (Lipinski definition) is 1. The highest BCUT2D eigenvalue weighted by Crippen LogP contribution is 2.32. The first-order chi connectivity index (χ1) is 12.8. The quantitative estimate of drug-likeness (QED) is 0.738. The second kappa shape index (κ2) is 8.72. The monoisotopic (exact) mass is 396 g/mol. The molecule has 0 unspecified atom stereocenters. The van der Waals surface area contributed by atoms with E-state index in [2.05, 4.69) is 5.32 Å². The molecule has 0 aliphatic heterocycles. The fourth-order valence-corrected chi connectivity index (χ4v) is 3.39. The lowest BCUT2D eigenvalue weighted by molar-refractivity contribution is 0.0954. The molecule has 146 valence electrons. The number of carbonyl (C=O) groups is 1. The Morgan fingerprint density at radius 2 is 1.81 bits per heavy atom. The third kappa shape index (κ3) is 5.33. The summed E-state index contributed by atoms with van der Waals surface area (Å²) in [6, 6.07) is 9.96.